The lowest BCUT2D eigenvalue weighted by Gasteiger charge is -2.41. The van der Waals surface area contributed by atoms with E-state index in [-0.39, 0.29) is 18.2 Å². The Morgan fingerprint density at radius 2 is 2.17 bits per heavy atom. The van der Waals surface area contributed by atoms with Gasteiger partial charge in [-0.25, -0.2) is 9.78 Å². The summed E-state index contributed by atoms with van der Waals surface area (Å²) in [5.74, 6) is 0. The van der Waals surface area contributed by atoms with E-state index in [9.17, 15) is 9.90 Å². The van der Waals surface area contributed by atoms with E-state index in [0.29, 0.717) is 19.4 Å². The normalized spacial score (nSPS) is 21.0. The van der Waals surface area contributed by atoms with E-state index in [4.69, 9.17) is 4.74 Å². The van der Waals surface area contributed by atoms with E-state index in [2.05, 4.69) is 4.98 Å². The Kier molecular flexibility index (Phi) is 4.02. The van der Waals surface area contributed by atoms with Crippen LogP contribution in [0.2, 0.25) is 0 Å². The van der Waals surface area contributed by atoms with Crippen molar-refractivity contribution in [2.45, 2.75) is 57.9 Å². The van der Waals surface area contributed by atoms with Crippen molar-refractivity contribution >= 4 is 11.7 Å². The Labute approximate surface area is 135 Å². The van der Waals surface area contributed by atoms with E-state index >= 15 is 0 Å². The summed E-state index contributed by atoms with van der Waals surface area (Å²) >= 11 is 0. The van der Waals surface area contributed by atoms with Crippen molar-refractivity contribution < 1.29 is 14.6 Å². The molecule has 2 heterocycles. The second-order valence-corrected chi connectivity index (χ2v) is 7.08. The molecule has 1 N–H and O–H groups in total. The number of fused-ring (bicyclic) bond motifs is 1. The number of ether oxygens (including phenoxy) is 1. The molecule has 1 aliphatic rings. The van der Waals surface area contributed by atoms with E-state index in [1.807, 2.05) is 49.7 Å². The number of hydrogen-bond donors (Lipinski definition) is 1. The fourth-order valence-corrected chi connectivity index (χ4v) is 2.79. The first kappa shape index (κ1) is 15.8. The van der Waals surface area contributed by atoms with Crippen LogP contribution in [0.5, 0.6) is 0 Å². The number of rotatable bonds is 3. The second kappa shape index (κ2) is 5.85. The third-order valence-corrected chi connectivity index (χ3v) is 4.00. The molecule has 1 fully saturated rings. The number of carbonyl (C=O) groups excluding carboxylic acids is 1. The minimum Gasteiger partial charge on any atom is -0.444 e. The molecule has 6 nitrogen and oxygen atoms in total. The Morgan fingerprint density at radius 1 is 1.43 bits per heavy atom. The minimum atomic E-state index is -0.545. The zero-order valence-corrected chi connectivity index (χ0v) is 13.8. The van der Waals surface area contributed by atoms with Crippen LogP contribution in [0.15, 0.2) is 30.7 Å². The summed E-state index contributed by atoms with van der Waals surface area (Å²) in [6, 6.07) is 3.91. The molecule has 124 valence electrons. The fraction of sp³-hybridized carbons (Fsp3) is 0.529. The number of aliphatic hydroxyl groups is 1. The van der Waals surface area contributed by atoms with Gasteiger partial charge >= 0.3 is 6.09 Å². The zero-order valence-electron chi connectivity index (χ0n) is 13.8. The highest BCUT2D eigenvalue weighted by Crippen LogP contribution is 2.29. The van der Waals surface area contributed by atoms with Crippen LogP contribution in [0.25, 0.3) is 5.65 Å². The zero-order chi connectivity index (χ0) is 16.6. The largest absolute Gasteiger partial charge is 0.444 e. The molecular weight excluding hydrogens is 294 g/mol. The number of pyridine rings is 1. The number of aliphatic hydroxyl groups excluding tert-OH is 1. The lowest BCUT2D eigenvalue weighted by atomic mass is 9.88. The maximum atomic E-state index is 12.6. The first-order valence-corrected chi connectivity index (χ1v) is 7.92. The minimum absolute atomic E-state index is 0.00932. The Hall–Kier alpha value is -2.08. The van der Waals surface area contributed by atoms with Crippen LogP contribution in [0.3, 0.4) is 0 Å². The Balaban J connectivity index is 1.83. The van der Waals surface area contributed by atoms with Crippen molar-refractivity contribution in [2.75, 3.05) is 0 Å². The van der Waals surface area contributed by atoms with Crippen LogP contribution < -0.4 is 0 Å². The highest BCUT2D eigenvalue weighted by Gasteiger charge is 2.37. The first-order chi connectivity index (χ1) is 10.8. The molecule has 2 aromatic heterocycles. The van der Waals surface area contributed by atoms with E-state index < -0.39 is 5.60 Å². The van der Waals surface area contributed by atoms with Crippen molar-refractivity contribution in [2.24, 2.45) is 0 Å². The van der Waals surface area contributed by atoms with Crippen LogP contribution in [0, 0.1) is 0 Å². The van der Waals surface area contributed by atoms with Crippen LogP contribution in [-0.4, -0.2) is 43.2 Å². The lowest BCUT2D eigenvalue weighted by Crippen LogP contribution is -2.50. The summed E-state index contributed by atoms with van der Waals surface area (Å²) in [5, 5.41) is 9.59. The average molecular weight is 317 g/mol. The van der Waals surface area contributed by atoms with Crippen molar-refractivity contribution in [1.82, 2.24) is 14.3 Å². The number of nitrogens with zero attached hydrogens (tertiary/aromatic N) is 3. The number of amides is 1. The van der Waals surface area contributed by atoms with Gasteiger partial charge in [0.25, 0.3) is 0 Å². The molecule has 1 aliphatic carbocycles. The second-order valence-electron chi connectivity index (χ2n) is 7.08. The van der Waals surface area contributed by atoms with Gasteiger partial charge in [-0.05, 0) is 39.7 Å². The summed E-state index contributed by atoms with van der Waals surface area (Å²) in [5.41, 5.74) is 1.25. The Morgan fingerprint density at radius 3 is 2.83 bits per heavy atom. The molecule has 2 aromatic rings. The molecule has 3 rings (SSSR count). The predicted octanol–water partition coefficient (Wildman–Crippen LogP) is 2.59. The molecule has 0 unspecified atom stereocenters. The van der Waals surface area contributed by atoms with Crippen molar-refractivity contribution in [3.63, 3.8) is 0 Å². The van der Waals surface area contributed by atoms with Gasteiger partial charge in [-0.2, -0.15) is 0 Å². The quantitative estimate of drug-likeness (QED) is 0.945. The molecule has 0 atom stereocenters. The first-order valence-electron chi connectivity index (χ1n) is 7.92. The van der Waals surface area contributed by atoms with Gasteiger partial charge in [0.2, 0.25) is 0 Å². The molecule has 1 amide bonds. The van der Waals surface area contributed by atoms with Crippen LogP contribution >= 0.6 is 0 Å². The molecule has 6 heteroatoms. The smallest absolute Gasteiger partial charge is 0.410 e. The number of carbonyl (C=O) groups is 1. The standard InChI is InChI=1S/C17H23N3O3/c1-17(2,3)23-16(22)20(13-9-14(21)10-13)11-12-5-4-7-19-8-6-18-15(12)19/h4-8,13-14,21H,9-11H2,1-3H3. The maximum absolute atomic E-state index is 12.6. The molecule has 0 spiro atoms. The predicted molar refractivity (Wildman–Crippen MR) is 86.0 cm³/mol. The molecular formula is C17H23N3O3. The van der Waals surface area contributed by atoms with E-state index in [1.54, 1.807) is 11.1 Å². The van der Waals surface area contributed by atoms with Gasteiger partial charge < -0.3 is 19.1 Å². The number of imidazole rings is 1. The molecule has 23 heavy (non-hydrogen) atoms. The monoisotopic (exact) mass is 317 g/mol. The van der Waals surface area contributed by atoms with Gasteiger partial charge in [-0.3, -0.25) is 0 Å². The van der Waals surface area contributed by atoms with Gasteiger partial charge in [0.05, 0.1) is 12.6 Å². The highest BCUT2D eigenvalue weighted by atomic mass is 16.6. The highest BCUT2D eigenvalue weighted by molar-refractivity contribution is 5.69. The molecule has 0 bridgehead atoms. The van der Waals surface area contributed by atoms with Crippen molar-refractivity contribution in [1.29, 1.82) is 0 Å². The van der Waals surface area contributed by atoms with Gasteiger partial charge in [-0.1, -0.05) is 6.07 Å². The molecule has 1 saturated carbocycles. The molecule has 0 aromatic carbocycles. The number of aromatic nitrogens is 2. The summed E-state index contributed by atoms with van der Waals surface area (Å²) in [7, 11) is 0. The maximum Gasteiger partial charge on any atom is 0.410 e. The summed E-state index contributed by atoms with van der Waals surface area (Å²) < 4.78 is 7.46. The van der Waals surface area contributed by atoms with Crippen LogP contribution in [-0.2, 0) is 11.3 Å². The van der Waals surface area contributed by atoms with Crippen molar-refractivity contribution in [3.05, 3.63) is 36.3 Å². The molecule has 0 saturated heterocycles. The van der Waals surface area contributed by atoms with Gasteiger partial charge in [0.15, 0.2) is 0 Å². The van der Waals surface area contributed by atoms with E-state index in [1.165, 1.54) is 0 Å². The summed E-state index contributed by atoms with van der Waals surface area (Å²) in [6.07, 6.45) is 6.06. The average Bonchev–Trinajstić information content (AvgIpc) is 2.88. The summed E-state index contributed by atoms with van der Waals surface area (Å²) in [4.78, 5) is 18.6. The SMILES string of the molecule is CC(C)(C)OC(=O)N(Cc1cccn2ccnc12)C1CC(O)C1. The number of hydrogen-bond acceptors (Lipinski definition) is 4. The van der Waals surface area contributed by atoms with Gasteiger partial charge in [0.1, 0.15) is 11.2 Å². The topological polar surface area (TPSA) is 67.1 Å². The van der Waals surface area contributed by atoms with Gasteiger partial charge in [-0.15, -0.1) is 0 Å². The third kappa shape index (κ3) is 3.47. The van der Waals surface area contributed by atoms with Crippen molar-refractivity contribution in [3.8, 4) is 0 Å². The lowest BCUT2D eigenvalue weighted by molar-refractivity contribution is -0.0268. The summed E-state index contributed by atoms with van der Waals surface area (Å²) in [6.45, 7) is 5.99. The fourth-order valence-electron chi connectivity index (χ4n) is 2.79. The van der Waals surface area contributed by atoms with E-state index in [0.717, 1.165) is 11.2 Å². The van der Waals surface area contributed by atoms with Crippen LogP contribution in [0.4, 0.5) is 4.79 Å². The third-order valence-electron chi connectivity index (χ3n) is 4.00. The molecule has 0 radical (unpaired) electrons. The van der Waals surface area contributed by atoms with Crippen LogP contribution in [0.1, 0.15) is 39.2 Å². The Bertz CT molecular complexity index is 698. The molecule has 0 aliphatic heterocycles. The van der Waals surface area contributed by atoms with Gasteiger partial charge in [0, 0.05) is 30.2 Å².